The molecule has 1 saturated heterocycles. The third kappa shape index (κ3) is 5.13. The van der Waals surface area contributed by atoms with Crippen LogP contribution in [-0.4, -0.2) is 33.7 Å². The lowest BCUT2D eigenvalue weighted by molar-refractivity contribution is 0.122. The fourth-order valence-electron chi connectivity index (χ4n) is 3.22. The van der Waals surface area contributed by atoms with Crippen molar-refractivity contribution in [1.82, 2.24) is 0 Å². The Morgan fingerprint density at radius 3 is 2.20 bits per heavy atom. The van der Waals surface area contributed by atoms with Gasteiger partial charge in [0.2, 0.25) is 0 Å². The second-order valence-electron chi connectivity index (χ2n) is 7.18. The minimum absolute atomic E-state index is 0.281. The first-order valence-electron chi connectivity index (χ1n) is 8.42. The van der Waals surface area contributed by atoms with Gasteiger partial charge < -0.3 is 13.6 Å². The van der Waals surface area contributed by atoms with Gasteiger partial charge in [-0.05, 0) is 64.8 Å². The van der Waals surface area contributed by atoms with E-state index in [9.17, 15) is 0 Å². The van der Waals surface area contributed by atoms with Crippen LogP contribution in [0.2, 0.25) is 5.54 Å². The van der Waals surface area contributed by atoms with E-state index in [1.165, 1.54) is 32.1 Å². The van der Waals surface area contributed by atoms with E-state index in [0.717, 1.165) is 5.92 Å². The molecule has 1 aliphatic heterocycles. The van der Waals surface area contributed by atoms with E-state index >= 15 is 0 Å². The Hall–Kier alpha value is 0.0969. The van der Waals surface area contributed by atoms with Crippen LogP contribution in [0.4, 0.5) is 0 Å². The molecule has 2 fully saturated rings. The van der Waals surface area contributed by atoms with Crippen molar-refractivity contribution in [1.29, 1.82) is 0 Å². The second kappa shape index (κ2) is 7.39. The molecule has 118 valence electrons. The SMILES string of the molecule is CC(C)O[SiH](OC(C)C)C(C)CCC1CCC2OC2C1. The Balaban J connectivity index is 1.73. The highest BCUT2D eigenvalue weighted by Crippen LogP contribution is 2.41. The van der Waals surface area contributed by atoms with Crippen molar-refractivity contribution >= 4 is 9.28 Å². The molecule has 0 spiro atoms. The lowest BCUT2D eigenvalue weighted by atomic mass is 9.86. The maximum atomic E-state index is 6.08. The molecular weight excluding hydrogens is 268 g/mol. The molecule has 2 rings (SSSR count). The molecule has 1 aliphatic carbocycles. The molecule has 4 unspecified atom stereocenters. The van der Waals surface area contributed by atoms with E-state index in [2.05, 4.69) is 34.6 Å². The highest BCUT2D eigenvalue weighted by Gasteiger charge is 2.43. The van der Waals surface area contributed by atoms with Gasteiger partial charge in [0.1, 0.15) is 0 Å². The molecule has 1 saturated carbocycles. The number of fused-ring (bicyclic) bond motifs is 1. The van der Waals surface area contributed by atoms with Gasteiger partial charge >= 0.3 is 9.28 Å². The van der Waals surface area contributed by atoms with Gasteiger partial charge in [-0.3, -0.25) is 0 Å². The molecule has 0 N–H and O–H groups in total. The van der Waals surface area contributed by atoms with Crippen molar-refractivity contribution < 1.29 is 13.6 Å². The van der Waals surface area contributed by atoms with Gasteiger partial charge in [-0.1, -0.05) is 13.3 Å². The van der Waals surface area contributed by atoms with Gasteiger partial charge in [0.15, 0.2) is 0 Å². The molecule has 3 nitrogen and oxygen atoms in total. The highest BCUT2D eigenvalue weighted by molar-refractivity contribution is 6.46. The average Bonchev–Trinajstić information content (AvgIpc) is 3.12. The summed E-state index contributed by atoms with van der Waals surface area (Å²) in [6.07, 6.45) is 8.30. The predicted molar refractivity (Wildman–Crippen MR) is 84.3 cm³/mol. The van der Waals surface area contributed by atoms with Crippen LogP contribution in [-0.2, 0) is 13.6 Å². The molecular formula is C16H32O3Si. The lowest BCUT2D eigenvalue weighted by Crippen LogP contribution is -2.33. The van der Waals surface area contributed by atoms with Gasteiger partial charge in [0.25, 0.3) is 0 Å². The summed E-state index contributed by atoms with van der Waals surface area (Å²) in [6.45, 7) is 10.8. The predicted octanol–water partition coefficient (Wildman–Crippen LogP) is 3.79. The third-order valence-corrected chi connectivity index (χ3v) is 7.31. The summed E-state index contributed by atoms with van der Waals surface area (Å²) in [6, 6.07) is 0. The third-order valence-electron chi connectivity index (χ3n) is 4.42. The van der Waals surface area contributed by atoms with E-state index < -0.39 is 9.28 Å². The maximum absolute atomic E-state index is 6.08. The summed E-state index contributed by atoms with van der Waals surface area (Å²) in [5, 5.41) is 0. The van der Waals surface area contributed by atoms with E-state index in [0.29, 0.717) is 17.7 Å². The quantitative estimate of drug-likeness (QED) is 0.505. The zero-order valence-electron chi connectivity index (χ0n) is 13.8. The first-order valence-corrected chi connectivity index (χ1v) is 10.0. The molecule has 0 aromatic rings. The number of rotatable bonds is 8. The Kier molecular flexibility index (Phi) is 6.08. The van der Waals surface area contributed by atoms with E-state index in [-0.39, 0.29) is 12.2 Å². The van der Waals surface area contributed by atoms with Gasteiger partial charge in [-0.2, -0.15) is 0 Å². The standard InChI is InChI=1S/C16H32O3Si/c1-11(2)18-20(19-12(3)4)13(5)6-7-14-8-9-15-16(10-14)17-15/h11-16,20H,6-10H2,1-5H3. The van der Waals surface area contributed by atoms with Crippen molar-refractivity contribution in [2.45, 2.75) is 96.7 Å². The highest BCUT2D eigenvalue weighted by atomic mass is 28.3. The minimum Gasteiger partial charge on any atom is -0.394 e. The summed E-state index contributed by atoms with van der Waals surface area (Å²) < 4.78 is 17.8. The van der Waals surface area contributed by atoms with Crippen LogP contribution in [0, 0.1) is 5.92 Å². The fraction of sp³-hybridized carbons (Fsp3) is 1.00. The molecule has 0 aromatic heterocycles. The summed E-state index contributed by atoms with van der Waals surface area (Å²) in [5.41, 5.74) is 0.595. The van der Waals surface area contributed by atoms with Crippen molar-refractivity contribution in [3.8, 4) is 0 Å². The van der Waals surface area contributed by atoms with Gasteiger partial charge in [0, 0.05) is 12.2 Å². The number of hydrogen-bond donors (Lipinski definition) is 0. The Morgan fingerprint density at radius 1 is 1.00 bits per heavy atom. The Morgan fingerprint density at radius 2 is 1.65 bits per heavy atom. The monoisotopic (exact) mass is 300 g/mol. The zero-order valence-corrected chi connectivity index (χ0v) is 15.0. The van der Waals surface area contributed by atoms with Crippen LogP contribution in [0.5, 0.6) is 0 Å². The molecule has 2 aliphatic rings. The number of hydrogen-bond acceptors (Lipinski definition) is 3. The van der Waals surface area contributed by atoms with Crippen LogP contribution in [0.25, 0.3) is 0 Å². The van der Waals surface area contributed by atoms with Gasteiger partial charge in [-0.15, -0.1) is 0 Å². The van der Waals surface area contributed by atoms with Crippen LogP contribution >= 0.6 is 0 Å². The molecule has 4 heteroatoms. The Labute approximate surface area is 126 Å². The topological polar surface area (TPSA) is 31.0 Å². The van der Waals surface area contributed by atoms with Crippen LogP contribution < -0.4 is 0 Å². The number of epoxide rings is 1. The minimum atomic E-state index is -1.55. The van der Waals surface area contributed by atoms with Crippen molar-refractivity contribution in [2.75, 3.05) is 0 Å². The summed E-state index contributed by atoms with van der Waals surface area (Å²) in [4.78, 5) is 0. The summed E-state index contributed by atoms with van der Waals surface area (Å²) in [7, 11) is -1.55. The average molecular weight is 301 g/mol. The molecule has 0 amide bonds. The largest absolute Gasteiger partial charge is 0.394 e. The summed E-state index contributed by atoms with van der Waals surface area (Å²) in [5.74, 6) is 0.869. The molecule has 0 radical (unpaired) electrons. The van der Waals surface area contributed by atoms with E-state index in [4.69, 9.17) is 13.6 Å². The van der Waals surface area contributed by atoms with Crippen molar-refractivity contribution in [3.05, 3.63) is 0 Å². The van der Waals surface area contributed by atoms with Crippen LogP contribution in [0.15, 0.2) is 0 Å². The van der Waals surface area contributed by atoms with Gasteiger partial charge in [0.05, 0.1) is 12.2 Å². The zero-order chi connectivity index (χ0) is 14.7. The van der Waals surface area contributed by atoms with E-state index in [1.54, 1.807) is 0 Å². The van der Waals surface area contributed by atoms with Crippen molar-refractivity contribution in [3.63, 3.8) is 0 Å². The first kappa shape index (κ1) is 16.5. The summed E-state index contributed by atoms with van der Waals surface area (Å²) >= 11 is 0. The lowest BCUT2D eigenvalue weighted by Gasteiger charge is -2.28. The van der Waals surface area contributed by atoms with Crippen molar-refractivity contribution in [2.24, 2.45) is 5.92 Å². The molecule has 20 heavy (non-hydrogen) atoms. The molecule has 4 atom stereocenters. The van der Waals surface area contributed by atoms with E-state index in [1.807, 2.05) is 0 Å². The van der Waals surface area contributed by atoms with Gasteiger partial charge in [-0.25, -0.2) is 0 Å². The fourth-order valence-corrected chi connectivity index (χ4v) is 5.36. The van der Waals surface area contributed by atoms with Crippen LogP contribution in [0.1, 0.15) is 66.7 Å². The first-order chi connectivity index (χ1) is 9.45. The number of ether oxygens (including phenoxy) is 1. The smallest absolute Gasteiger partial charge is 0.324 e. The molecule has 0 bridgehead atoms. The molecule has 0 aromatic carbocycles. The second-order valence-corrected chi connectivity index (χ2v) is 9.60. The molecule has 1 heterocycles. The van der Waals surface area contributed by atoms with Crippen LogP contribution in [0.3, 0.4) is 0 Å². The normalized spacial score (nSPS) is 30.9. The Bertz CT molecular complexity index is 285. The maximum Gasteiger partial charge on any atom is 0.324 e.